The van der Waals surface area contributed by atoms with Crippen molar-refractivity contribution in [1.82, 2.24) is 14.5 Å². The number of aryl methyl sites for hydroxylation is 1. The largest absolute Gasteiger partial charge is 0.376 e. The minimum atomic E-state index is -3.76. The third-order valence-corrected chi connectivity index (χ3v) is 8.22. The van der Waals surface area contributed by atoms with Crippen molar-refractivity contribution in [2.45, 2.75) is 23.8 Å². The second-order valence-corrected chi connectivity index (χ2v) is 11.1. The number of nitrogens with zero attached hydrogens (tertiary/aromatic N) is 4. The predicted octanol–water partition coefficient (Wildman–Crippen LogP) is 4.12. The van der Waals surface area contributed by atoms with Gasteiger partial charge in [0.15, 0.2) is 0 Å². The van der Waals surface area contributed by atoms with Crippen molar-refractivity contribution in [3.63, 3.8) is 0 Å². The van der Waals surface area contributed by atoms with E-state index in [1.165, 1.54) is 0 Å². The summed E-state index contributed by atoms with van der Waals surface area (Å²) < 4.78 is 38.6. The van der Waals surface area contributed by atoms with Crippen molar-refractivity contribution >= 4 is 60.5 Å². The van der Waals surface area contributed by atoms with Crippen molar-refractivity contribution in [2.75, 3.05) is 31.2 Å². The van der Waals surface area contributed by atoms with Gasteiger partial charge in [-0.15, -0.1) is 0 Å². The highest BCUT2D eigenvalue weighted by Crippen LogP contribution is 2.29. The van der Waals surface area contributed by atoms with Crippen LogP contribution in [0.5, 0.6) is 0 Å². The smallest absolute Gasteiger partial charge is 0.297 e. The first kappa shape index (κ1) is 23.5. The van der Waals surface area contributed by atoms with Gasteiger partial charge in [0.1, 0.15) is 11.5 Å². The van der Waals surface area contributed by atoms with E-state index in [1.54, 1.807) is 30.5 Å². The summed E-state index contributed by atoms with van der Waals surface area (Å²) in [4.78, 5) is 11.6. The Bertz CT molecular complexity index is 1410. The van der Waals surface area contributed by atoms with Crippen LogP contribution >= 0.6 is 22.6 Å². The van der Waals surface area contributed by atoms with Gasteiger partial charge in [-0.3, -0.25) is 9.17 Å². The van der Waals surface area contributed by atoms with Gasteiger partial charge < -0.3 is 14.2 Å². The fourth-order valence-corrected chi connectivity index (χ4v) is 5.61. The molecule has 34 heavy (non-hydrogen) atoms. The number of aromatic nitrogens is 3. The maximum atomic E-state index is 12.3. The summed E-state index contributed by atoms with van der Waals surface area (Å²) in [6.07, 6.45) is 5.46. The molecule has 1 saturated heterocycles. The van der Waals surface area contributed by atoms with E-state index in [4.69, 9.17) is 13.9 Å². The highest BCUT2D eigenvalue weighted by atomic mass is 127. The van der Waals surface area contributed by atoms with Crippen LogP contribution in [0.4, 0.5) is 5.82 Å². The molecule has 0 aliphatic carbocycles. The molecule has 1 aromatic carbocycles. The number of fused-ring (bicyclic) bond motifs is 3. The van der Waals surface area contributed by atoms with E-state index in [0.717, 1.165) is 57.3 Å². The van der Waals surface area contributed by atoms with Crippen molar-refractivity contribution in [1.29, 1.82) is 0 Å². The Balaban J connectivity index is 1.14. The third kappa shape index (κ3) is 4.77. The molecule has 0 unspecified atom stereocenters. The van der Waals surface area contributed by atoms with Crippen LogP contribution in [-0.4, -0.2) is 55.4 Å². The molecule has 0 amide bonds. The van der Waals surface area contributed by atoms with Gasteiger partial charge in [0.25, 0.3) is 10.1 Å². The fraction of sp³-hybridized carbons (Fsp3) is 0.333. The number of halogens is 1. The van der Waals surface area contributed by atoms with Crippen LogP contribution in [0.3, 0.4) is 0 Å². The Kier molecular flexibility index (Phi) is 6.74. The van der Waals surface area contributed by atoms with Crippen molar-refractivity contribution < 1.29 is 17.3 Å². The summed E-state index contributed by atoms with van der Waals surface area (Å²) >= 11 is 2.13. The Morgan fingerprint density at radius 3 is 2.56 bits per heavy atom. The lowest BCUT2D eigenvalue weighted by atomic mass is 10.1. The molecule has 1 aliphatic rings. The molecule has 4 heterocycles. The van der Waals surface area contributed by atoms with Gasteiger partial charge in [-0.25, -0.2) is 4.98 Å². The second-order valence-electron chi connectivity index (χ2n) is 8.28. The fourth-order valence-electron chi connectivity index (χ4n) is 4.36. The topological polar surface area (TPSA) is 86.5 Å². The van der Waals surface area contributed by atoms with Gasteiger partial charge >= 0.3 is 0 Å². The van der Waals surface area contributed by atoms with E-state index in [9.17, 15) is 8.42 Å². The molecule has 1 aliphatic heterocycles. The first-order valence-electron chi connectivity index (χ1n) is 11.1. The van der Waals surface area contributed by atoms with Gasteiger partial charge in [-0.2, -0.15) is 8.42 Å². The van der Waals surface area contributed by atoms with Gasteiger partial charge in [-0.05, 0) is 77.9 Å². The van der Waals surface area contributed by atoms with Gasteiger partial charge in [0.2, 0.25) is 0 Å². The van der Waals surface area contributed by atoms with Crippen LogP contribution in [0.2, 0.25) is 0 Å². The van der Waals surface area contributed by atoms with E-state index >= 15 is 0 Å². The molecule has 5 rings (SSSR count). The number of rotatable bonds is 7. The number of benzene rings is 1. The summed E-state index contributed by atoms with van der Waals surface area (Å²) in [7, 11) is -1.73. The van der Waals surface area contributed by atoms with Gasteiger partial charge in [0, 0.05) is 46.9 Å². The average Bonchev–Trinajstić information content (AvgIpc) is 3.14. The molecule has 0 bridgehead atoms. The second kappa shape index (κ2) is 9.76. The lowest BCUT2D eigenvalue weighted by molar-refractivity contribution is 0.0212. The van der Waals surface area contributed by atoms with E-state index < -0.39 is 10.1 Å². The zero-order valence-electron chi connectivity index (χ0n) is 18.7. The first-order valence-corrected chi connectivity index (χ1v) is 13.6. The highest BCUT2D eigenvalue weighted by Gasteiger charge is 2.22. The number of hydrogen-bond donors (Lipinski definition) is 0. The molecule has 1 fully saturated rings. The van der Waals surface area contributed by atoms with Crippen molar-refractivity contribution in [3.05, 3.63) is 58.4 Å². The minimum Gasteiger partial charge on any atom is -0.376 e. The number of anilines is 1. The van der Waals surface area contributed by atoms with Crippen LogP contribution in [0.25, 0.3) is 21.9 Å². The predicted molar refractivity (Wildman–Crippen MR) is 139 cm³/mol. The molecule has 0 saturated carbocycles. The monoisotopic (exact) mass is 592 g/mol. The maximum absolute atomic E-state index is 12.3. The molecule has 10 heteroatoms. The molecule has 0 radical (unpaired) electrons. The summed E-state index contributed by atoms with van der Waals surface area (Å²) in [5.74, 6) is 0.955. The number of pyridine rings is 2. The molecular weight excluding hydrogens is 567 g/mol. The Hall–Kier alpha value is -2.28. The van der Waals surface area contributed by atoms with Gasteiger partial charge in [-0.1, -0.05) is 0 Å². The van der Waals surface area contributed by atoms with Crippen LogP contribution < -0.4 is 4.90 Å². The quantitative estimate of drug-likeness (QED) is 0.181. The molecular formula is C24H25IN4O4S. The number of ether oxygens (including phenoxy) is 1. The van der Waals surface area contributed by atoms with Gasteiger partial charge in [0.05, 0.1) is 29.7 Å². The number of hydrogen-bond acceptors (Lipinski definition) is 7. The van der Waals surface area contributed by atoms with Crippen molar-refractivity contribution in [2.24, 2.45) is 7.05 Å². The molecule has 0 spiro atoms. The van der Waals surface area contributed by atoms with Crippen LogP contribution in [0, 0.1) is 3.57 Å². The summed E-state index contributed by atoms with van der Waals surface area (Å²) in [5.41, 5.74) is 2.07. The van der Waals surface area contributed by atoms with E-state index in [1.807, 2.05) is 19.3 Å². The molecule has 0 atom stereocenters. The molecule has 178 valence electrons. The summed E-state index contributed by atoms with van der Waals surface area (Å²) in [6, 6.07) is 12.8. The first-order chi connectivity index (χ1) is 16.4. The Labute approximate surface area is 212 Å². The molecule has 4 aromatic rings. The normalized spacial score (nSPS) is 15.4. The zero-order valence-corrected chi connectivity index (χ0v) is 21.7. The summed E-state index contributed by atoms with van der Waals surface area (Å²) in [5, 5.41) is 2.21. The lowest BCUT2D eigenvalue weighted by Crippen LogP contribution is -2.38. The number of piperidine rings is 1. The SMILES string of the molecule is Cn1c2ccncc2c2ccc(N3CCC(OCCOS(=O)(=O)c4ccc(I)cc4)CC3)nc21. The molecule has 0 N–H and O–H groups in total. The highest BCUT2D eigenvalue weighted by molar-refractivity contribution is 14.1. The molecule has 3 aromatic heterocycles. The average molecular weight is 592 g/mol. The standard InChI is InChI=1S/C24H25IN4O4S/c1-28-22-8-11-26-16-21(22)20-6-7-23(27-24(20)28)29-12-9-18(10-13-29)32-14-15-33-34(30,31)19-4-2-17(25)3-5-19/h2-8,11,16,18H,9-10,12-15H2,1H3. The van der Waals surface area contributed by atoms with E-state index in [-0.39, 0.29) is 24.2 Å². The zero-order chi connectivity index (χ0) is 23.7. The van der Waals surface area contributed by atoms with Crippen LogP contribution in [0.15, 0.2) is 59.8 Å². The van der Waals surface area contributed by atoms with Crippen LogP contribution in [0.1, 0.15) is 12.8 Å². The Morgan fingerprint density at radius 2 is 1.79 bits per heavy atom. The minimum absolute atomic E-state index is 0.00264. The molecule has 8 nitrogen and oxygen atoms in total. The maximum Gasteiger partial charge on any atom is 0.297 e. The van der Waals surface area contributed by atoms with E-state index in [2.05, 4.69) is 49.2 Å². The van der Waals surface area contributed by atoms with Crippen LogP contribution in [-0.2, 0) is 26.1 Å². The van der Waals surface area contributed by atoms with E-state index in [0.29, 0.717) is 0 Å². The Morgan fingerprint density at radius 1 is 1.03 bits per heavy atom. The lowest BCUT2D eigenvalue weighted by Gasteiger charge is -2.32. The third-order valence-electron chi connectivity index (χ3n) is 6.17. The summed E-state index contributed by atoms with van der Waals surface area (Å²) in [6.45, 7) is 1.90. The van der Waals surface area contributed by atoms with Crippen molar-refractivity contribution in [3.8, 4) is 0 Å².